The minimum Gasteiger partial charge on any atom is -0.207 e. The van der Waals surface area contributed by atoms with Gasteiger partial charge >= 0.3 is 0 Å². The normalized spacial score (nSPS) is 10.4. The van der Waals surface area contributed by atoms with Gasteiger partial charge in [0, 0.05) is 10.9 Å². The van der Waals surface area contributed by atoms with Gasteiger partial charge in [-0.25, -0.2) is 4.39 Å². The Labute approximate surface area is 103 Å². The average Bonchev–Trinajstić information content (AvgIpc) is 2.27. The molecule has 0 aliphatic heterocycles. The third-order valence-electron chi connectivity index (χ3n) is 2.46. The van der Waals surface area contributed by atoms with Gasteiger partial charge < -0.3 is 0 Å². The zero-order chi connectivity index (χ0) is 11.5. The van der Waals surface area contributed by atoms with Gasteiger partial charge in [-0.15, -0.1) is 0 Å². The standard InChI is InChI=1S/C14H11BrF/c1-10-6-7-13(15)9-12(10)8-11-4-2-3-5-14(11)16/h2-9H,1H3. The summed E-state index contributed by atoms with van der Waals surface area (Å²) in [6, 6.07) is 12.8. The highest BCUT2D eigenvalue weighted by molar-refractivity contribution is 9.10. The van der Waals surface area contributed by atoms with E-state index in [1.807, 2.05) is 37.6 Å². The Hall–Kier alpha value is -1.15. The molecule has 0 aliphatic rings. The summed E-state index contributed by atoms with van der Waals surface area (Å²) in [5.41, 5.74) is 2.77. The summed E-state index contributed by atoms with van der Waals surface area (Å²) in [5, 5.41) is 0. The van der Waals surface area contributed by atoms with Crippen molar-refractivity contribution in [2.75, 3.05) is 0 Å². The molecule has 2 heteroatoms. The predicted molar refractivity (Wildman–Crippen MR) is 67.8 cm³/mol. The lowest BCUT2D eigenvalue weighted by Gasteiger charge is -2.07. The molecule has 1 radical (unpaired) electrons. The van der Waals surface area contributed by atoms with E-state index in [9.17, 15) is 4.39 Å². The van der Waals surface area contributed by atoms with Crippen LogP contribution < -0.4 is 0 Å². The fraction of sp³-hybridized carbons (Fsp3) is 0.0714. The Morgan fingerprint density at radius 2 is 1.81 bits per heavy atom. The lowest BCUT2D eigenvalue weighted by molar-refractivity contribution is 0.621. The lowest BCUT2D eigenvalue weighted by atomic mass is 10.0. The third-order valence-corrected chi connectivity index (χ3v) is 2.95. The molecule has 0 N–H and O–H groups in total. The highest BCUT2D eigenvalue weighted by Crippen LogP contribution is 2.21. The van der Waals surface area contributed by atoms with E-state index >= 15 is 0 Å². The van der Waals surface area contributed by atoms with E-state index in [-0.39, 0.29) is 5.82 Å². The van der Waals surface area contributed by atoms with Crippen LogP contribution in [0.1, 0.15) is 16.7 Å². The number of aryl methyl sites for hydroxylation is 1. The topological polar surface area (TPSA) is 0 Å². The van der Waals surface area contributed by atoms with Crippen LogP contribution >= 0.6 is 15.9 Å². The van der Waals surface area contributed by atoms with Crippen molar-refractivity contribution in [3.63, 3.8) is 0 Å². The molecule has 0 aromatic heterocycles. The molecule has 81 valence electrons. The Kier molecular flexibility index (Phi) is 3.39. The second-order valence-electron chi connectivity index (χ2n) is 3.67. The van der Waals surface area contributed by atoms with Crippen LogP contribution in [0.4, 0.5) is 4.39 Å². The molecule has 0 bridgehead atoms. The van der Waals surface area contributed by atoms with Gasteiger partial charge in [-0.3, -0.25) is 0 Å². The molecular formula is C14H11BrF. The lowest BCUT2D eigenvalue weighted by Crippen LogP contribution is -1.92. The fourth-order valence-corrected chi connectivity index (χ4v) is 1.91. The van der Waals surface area contributed by atoms with Crippen molar-refractivity contribution >= 4 is 15.9 Å². The van der Waals surface area contributed by atoms with E-state index in [4.69, 9.17) is 0 Å². The summed E-state index contributed by atoms with van der Waals surface area (Å²) in [7, 11) is 0. The first-order valence-electron chi connectivity index (χ1n) is 5.02. The van der Waals surface area contributed by atoms with Gasteiger partial charge in [0.05, 0.1) is 0 Å². The molecule has 0 fully saturated rings. The maximum Gasteiger partial charge on any atom is 0.127 e. The zero-order valence-corrected chi connectivity index (χ0v) is 10.5. The summed E-state index contributed by atoms with van der Waals surface area (Å²) < 4.78 is 14.5. The van der Waals surface area contributed by atoms with E-state index in [2.05, 4.69) is 15.9 Å². The fourth-order valence-electron chi connectivity index (χ4n) is 1.53. The van der Waals surface area contributed by atoms with Crippen molar-refractivity contribution in [2.45, 2.75) is 6.92 Å². The molecule has 16 heavy (non-hydrogen) atoms. The number of hydrogen-bond acceptors (Lipinski definition) is 0. The van der Waals surface area contributed by atoms with Crippen molar-refractivity contribution in [1.29, 1.82) is 0 Å². The van der Waals surface area contributed by atoms with E-state index < -0.39 is 0 Å². The van der Waals surface area contributed by atoms with Gasteiger partial charge in [-0.1, -0.05) is 40.2 Å². The molecule has 0 amide bonds. The van der Waals surface area contributed by atoms with Gasteiger partial charge in [0.2, 0.25) is 0 Å². The minimum atomic E-state index is -0.193. The predicted octanol–water partition coefficient (Wildman–Crippen LogP) is 4.50. The molecule has 2 rings (SSSR count). The van der Waals surface area contributed by atoms with Crippen molar-refractivity contribution in [1.82, 2.24) is 0 Å². The zero-order valence-electron chi connectivity index (χ0n) is 8.87. The first-order valence-corrected chi connectivity index (χ1v) is 5.81. The molecule has 0 atom stereocenters. The summed E-state index contributed by atoms with van der Waals surface area (Å²) in [6.45, 7) is 2.01. The average molecular weight is 278 g/mol. The molecule has 0 saturated carbocycles. The van der Waals surface area contributed by atoms with E-state index in [0.29, 0.717) is 5.56 Å². The van der Waals surface area contributed by atoms with Crippen molar-refractivity contribution in [3.05, 3.63) is 75.9 Å². The Morgan fingerprint density at radius 3 is 2.56 bits per heavy atom. The van der Waals surface area contributed by atoms with Crippen molar-refractivity contribution in [2.24, 2.45) is 0 Å². The summed E-state index contributed by atoms with van der Waals surface area (Å²) in [5.74, 6) is -0.193. The molecule has 0 unspecified atom stereocenters. The van der Waals surface area contributed by atoms with Crippen LogP contribution in [0.3, 0.4) is 0 Å². The summed E-state index contributed by atoms with van der Waals surface area (Å²) in [4.78, 5) is 0. The number of rotatable bonds is 2. The van der Waals surface area contributed by atoms with E-state index in [0.717, 1.165) is 15.6 Å². The van der Waals surface area contributed by atoms with E-state index in [1.165, 1.54) is 6.07 Å². The van der Waals surface area contributed by atoms with Crippen LogP contribution in [0.5, 0.6) is 0 Å². The second kappa shape index (κ2) is 4.79. The quantitative estimate of drug-likeness (QED) is 0.758. The molecule has 2 aromatic carbocycles. The second-order valence-corrected chi connectivity index (χ2v) is 4.58. The smallest absolute Gasteiger partial charge is 0.127 e. The van der Waals surface area contributed by atoms with Crippen molar-refractivity contribution < 1.29 is 4.39 Å². The Balaban J connectivity index is 2.34. The maximum absolute atomic E-state index is 13.5. The highest BCUT2D eigenvalue weighted by atomic mass is 79.9. The summed E-state index contributed by atoms with van der Waals surface area (Å²) >= 11 is 3.41. The highest BCUT2D eigenvalue weighted by Gasteiger charge is 2.05. The Bertz CT molecular complexity index is 506. The maximum atomic E-state index is 13.5. The first kappa shape index (κ1) is 11.3. The first-order chi connectivity index (χ1) is 7.66. The molecule has 0 nitrogen and oxygen atoms in total. The van der Waals surface area contributed by atoms with Gasteiger partial charge in [0.1, 0.15) is 5.82 Å². The van der Waals surface area contributed by atoms with Gasteiger partial charge in [-0.2, -0.15) is 0 Å². The molecule has 2 aromatic rings. The van der Waals surface area contributed by atoms with E-state index in [1.54, 1.807) is 12.1 Å². The number of hydrogen-bond donors (Lipinski definition) is 0. The Morgan fingerprint density at radius 1 is 1.06 bits per heavy atom. The number of benzene rings is 2. The largest absolute Gasteiger partial charge is 0.207 e. The van der Waals surface area contributed by atoms with Crippen LogP contribution in [-0.2, 0) is 0 Å². The SMILES string of the molecule is Cc1ccc(Br)cc1[CH]c1ccccc1F. The van der Waals surface area contributed by atoms with Crippen LogP contribution in [0.25, 0.3) is 0 Å². The van der Waals surface area contributed by atoms with Gasteiger partial charge in [0.15, 0.2) is 0 Å². The summed E-state index contributed by atoms with van der Waals surface area (Å²) in [6.07, 6.45) is 1.86. The van der Waals surface area contributed by atoms with Gasteiger partial charge in [0.25, 0.3) is 0 Å². The van der Waals surface area contributed by atoms with Crippen LogP contribution in [0.15, 0.2) is 46.9 Å². The minimum absolute atomic E-state index is 0.193. The third kappa shape index (κ3) is 2.50. The molecular weight excluding hydrogens is 267 g/mol. The van der Waals surface area contributed by atoms with Crippen molar-refractivity contribution in [3.8, 4) is 0 Å². The molecule has 0 spiro atoms. The van der Waals surface area contributed by atoms with Crippen LogP contribution in [0.2, 0.25) is 0 Å². The molecule has 0 heterocycles. The van der Waals surface area contributed by atoms with Crippen LogP contribution in [-0.4, -0.2) is 0 Å². The monoisotopic (exact) mass is 277 g/mol. The van der Waals surface area contributed by atoms with Gasteiger partial charge in [-0.05, 0) is 41.8 Å². The van der Waals surface area contributed by atoms with Crippen LogP contribution in [0, 0.1) is 19.2 Å². The molecule has 0 saturated heterocycles. The number of halogens is 2. The molecule has 0 aliphatic carbocycles.